The highest BCUT2D eigenvalue weighted by molar-refractivity contribution is 14.1. The van der Waals surface area contributed by atoms with E-state index in [2.05, 4.69) is 37.7 Å². The molecule has 4 aromatic rings. The number of nitrogens with one attached hydrogen (secondary N) is 2. The summed E-state index contributed by atoms with van der Waals surface area (Å²) < 4.78 is 1.06. The van der Waals surface area contributed by atoms with E-state index in [0.29, 0.717) is 16.9 Å². The molecule has 2 aromatic heterocycles. The van der Waals surface area contributed by atoms with Crippen molar-refractivity contribution in [2.45, 2.75) is 0 Å². The van der Waals surface area contributed by atoms with Crippen molar-refractivity contribution >= 4 is 50.1 Å². The average molecular weight is 403 g/mol. The molecular formula is C16H10IN3O2. The minimum absolute atomic E-state index is 0.0217. The molecule has 0 aliphatic carbocycles. The maximum atomic E-state index is 11.3. The number of nitroso groups, excluding NO2 is 1. The number of para-hydroxylation sites is 1. The minimum atomic E-state index is 0.0217. The van der Waals surface area contributed by atoms with E-state index in [1.165, 1.54) is 0 Å². The highest BCUT2D eigenvalue weighted by Crippen LogP contribution is 2.44. The van der Waals surface area contributed by atoms with Gasteiger partial charge in [0.25, 0.3) is 0 Å². The van der Waals surface area contributed by atoms with Crippen LogP contribution < -0.4 is 0 Å². The van der Waals surface area contributed by atoms with Crippen molar-refractivity contribution in [1.82, 2.24) is 9.97 Å². The molecule has 22 heavy (non-hydrogen) atoms. The summed E-state index contributed by atoms with van der Waals surface area (Å²) in [6, 6.07) is 13.3. The number of halogens is 1. The van der Waals surface area contributed by atoms with E-state index in [9.17, 15) is 10.0 Å². The van der Waals surface area contributed by atoms with Gasteiger partial charge in [-0.3, -0.25) is 0 Å². The zero-order valence-electron chi connectivity index (χ0n) is 11.2. The third-order valence-corrected chi connectivity index (χ3v) is 4.43. The number of hydrogen-bond donors (Lipinski definition) is 3. The summed E-state index contributed by atoms with van der Waals surface area (Å²) in [5, 5.41) is 15.1. The molecule has 108 valence electrons. The van der Waals surface area contributed by atoms with E-state index < -0.39 is 0 Å². The van der Waals surface area contributed by atoms with Crippen molar-refractivity contribution in [1.29, 1.82) is 0 Å². The number of aromatic amines is 2. The maximum Gasteiger partial charge on any atom is 0.199 e. The maximum absolute atomic E-state index is 11.3. The number of H-pyrrole nitrogens is 2. The summed E-state index contributed by atoms with van der Waals surface area (Å²) in [4.78, 5) is 17.5. The quantitative estimate of drug-likeness (QED) is 0.324. The van der Waals surface area contributed by atoms with Gasteiger partial charge >= 0.3 is 0 Å². The topological polar surface area (TPSA) is 81.2 Å². The number of nitrogens with zero attached hydrogens (tertiary/aromatic N) is 1. The fourth-order valence-electron chi connectivity index (χ4n) is 2.81. The van der Waals surface area contributed by atoms with Crippen LogP contribution in [-0.2, 0) is 0 Å². The second kappa shape index (κ2) is 4.84. The molecule has 0 bridgehead atoms. The third kappa shape index (κ3) is 1.83. The van der Waals surface area contributed by atoms with E-state index in [1.54, 1.807) is 0 Å². The Kier molecular flexibility index (Phi) is 2.93. The molecule has 0 aliphatic heterocycles. The van der Waals surface area contributed by atoms with Crippen LogP contribution in [0, 0.1) is 8.48 Å². The molecule has 4 rings (SSSR count). The monoisotopic (exact) mass is 403 g/mol. The predicted molar refractivity (Wildman–Crippen MR) is 95.4 cm³/mol. The Morgan fingerprint density at radius 1 is 1.00 bits per heavy atom. The van der Waals surface area contributed by atoms with Crippen LogP contribution in [0.3, 0.4) is 0 Å². The lowest BCUT2D eigenvalue weighted by molar-refractivity contribution is 0.460. The molecule has 0 fully saturated rings. The summed E-state index contributed by atoms with van der Waals surface area (Å²) in [6.07, 6.45) is 0. The molecule has 0 aliphatic rings. The first kappa shape index (κ1) is 13.3. The minimum Gasteiger partial charge on any atom is -0.494 e. The van der Waals surface area contributed by atoms with Crippen molar-refractivity contribution < 1.29 is 5.11 Å². The zero-order chi connectivity index (χ0) is 15.3. The Hall–Kier alpha value is -2.35. The number of aromatic nitrogens is 2. The Morgan fingerprint density at radius 2 is 1.82 bits per heavy atom. The summed E-state index contributed by atoms with van der Waals surface area (Å²) in [5.74, 6) is 0.0217. The third-order valence-electron chi connectivity index (χ3n) is 3.76. The van der Waals surface area contributed by atoms with Gasteiger partial charge in [0, 0.05) is 19.9 Å². The van der Waals surface area contributed by atoms with E-state index in [-0.39, 0.29) is 5.88 Å². The molecule has 2 heterocycles. The van der Waals surface area contributed by atoms with Gasteiger partial charge in [0.05, 0.1) is 16.8 Å². The first-order valence-corrected chi connectivity index (χ1v) is 7.71. The van der Waals surface area contributed by atoms with Crippen molar-refractivity contribution in [2.24, 2.45) is 5.18 Å². The van der Waals surface area contributed by atoms with Crippen molar-refractivity contribution in [2.75, 3.05) is 0 Å². The summed E-state index contributed by atoms with van der Waals surface area (Å²) in [6.45, 7) is 0. The first-order valence-electron chi connectivity index (χ1n) is 6.63. The number of aromatic hydroxyl groups is 1. The average Bonchev–Trinajstić information content (AvgIpc) is 3.02. The molecular weight excluding hydrogens is 393 g/mol. The molecule has 0 unspecified atom stereocenters. The molecule has 0 saturated carbocycles. The van der Waals surface area contributed by atoms with Crippen LogP contribution in [0.15, 0.2) is 47.6 Å². The summed E-state index contributed by atoms with van der Waals surface area (Å²) >= 11 is 2.21. The van der Waals surface area contributed by atoms with Gasteiger partial charge in [-0.1, -0.05) is 24.3 Å². The molecule has 0 radical (unpaired) electrons. The largest absolute Gasteiger partial charge is 0.494 e. The lowest BCUT2D eigenvalue weighted by Gasteiger charge is -1.99. The zero-order valence-corrected chi connectivity index (χ0v) is 13.4. The Bertz CT molecular complexity index is 1030. The molecule has 2 aromatic carbocycles. The molecule has 0 saturated heterocycles. The normalized spacial score (nSPS) is 11.3. The smallest absolute Gasteiger partial charge is 0.199 e. The number of fused-ring (bicyclic) bond motifs is 2. The van der Waals surface area contributed by atoms with Crippen molar-refractivity contribution in [3.05, 3.63) is 50.9 Å². The summed E-state index contributed by atoms with van der Waals surface area (Å²) in [7, 11) is 0. The standard InChI is InChI=1S/C16H10IN3O2/c17-8-5-6-9-12(7-8)19-16(21)13(9)15-14(20-22)10-3-1-2-4-11(10)18-15/h1-7,18-19,21H. The van der Waals surface area contributed by atoms with Gasteiger partial charge < -0.3 is 15.1 Å². The van der Waals surface area contributed by atoms with Crippen LogP contribution in [0.4, 0.5) is 5.69 Å². The van der Waals surface area contributed by atoms with Gasteiger partial charge in [-0.05, 0) is 46.0 Å². The number of benzene rings is 2. The van der Waals surface area contributed by atoms with Gasteiger partial charge in [-0.2, -0.15) is 0 Å². The molecule has 0 atom stereocenters. The molecule has 0 spiro atoms. The fraction of sp³-hybridized carbons (Fsp3) is 0. The first-order chi connectivity index (χ1) is 10.7. The second-order valence-corrected chi connectivity index (χ2v) is 6.27. The van der Waals surface area contributed by atoms with Gasteiger partial charge in [0.1, 0.15) is 5.69 Å². The molecule has 6 heteroatoms. The molecule has 3 N–H and O–H groups in total. The number of rotatable bonds is 2. The van der Waals surface area contributed by atoms with Crippen LogP contribution in [0.1, 0.15) is 0 Å². The second-order valence-electron chi connectivity index (χ2n) is 5.02. The van der Waals surface area contributed by atoms with Gasteiger partial charge in [-0.15, -0.1) is 4.91 Å². The van der Waals surface area contributed by atoms with Crippen LogP contribution in [0.5, 0.6) is 5.88 Å². The Balaban J connectivity index is 2.11. The SMILES string of the molecule is O=Nc1c(-c2c(O)[nH]c3cc(I)ccc23)[nH]c2ccccc12. The lowest BCUT2D eigenvalue weighted by Crippen LogP contribution is -1.77. The fourth-order valence-corrected chi connectivity index (χ4v) is 3.30. The van der Waals surface area contributed by atoms with E-state index in [4.69, 9.17) is 0 Å². The highest BCUT2D eigenvalue weighted by Gasteiger charge is 2.20. The van der Waals surface area contributed by atoms with Crippen LogP contribution in [0.25, 0.3) is 33.1 Å². The van der Waals surface area contributed by atoms with Crippen LogP contribution in [0.2, 0.25) is 0 Å². The summed E-state index contributed by atoms with van der Waals surface area (Å²) in [5.41, 5.74) is 3.03. The van der Waals surface area contributed by atoms with Crippen molar-refractivity contribution in [3.63, 3.8) is 0 Å². The molecule has 5 nitrogen and oxygen atoms in total. The van der Waals surface area contributed by atoms with Gasteiger partial charge in [0.2, 0.25) is 0 Å². The van der Waals surface area contributed by atoms with Crippen molar-refractivity contribution in [3.8, 4) is 17.1 Å². The van der Waals surface area contributed by atoms with E-state index >= 15 is 0 Å². The van der Waals surface area contributed by atoms with E-state index in [0.717, 1.165) is 25.4 Å². The molecule has 0 amide bonds. The van der Waals surface area contributed by atoms with Gasteiger partial charge in [-0.25, -0.2) is 0 Å². The Morgan fingerprint density at radius 3 is 2.64 bits per heavy atom. The highest BCUT2D eigenvalue weighted by atomic mass is 127. The predicted octanol–water partition coefficient (Wildman–Crippen LogP) is 5.02. The Labute approximate surface area is 138 Å². The van der Waals surface area contributed by atoms with Gasteiger partial charge in [0.15, 0.2) is 5.88 Å². The van der Waals surface area contributed by atoms with Crippen LogP contribution >= 0.6 is 22.6 Å². The van der Waals surface area contributed by atoms with E-state index in [1.807, 2.05) is 42.5 Å². The van der Waals surface area contributed by atoms with Crippen LogP contribution in [-0.4, -0.2) is 15.1 Å². The number of hydrogen-bond acceptors (Lipinski definition) is 3. The lowest BCUT2D eigenvalue weighted by atomic mass is 10.1.